The Morgan fingerprint density at radius 3 is 2.63 bits per heavy atom. The van der Waals surface area contributed by atoms with E-state index in [0.29, 0.717) is 30.8 Å². The third-order valence-corrected chi connectivity index (χ3v) is 7.44. The molecule has 0 heterocycles. The molecule has 0 N–H and O–H groups in total. The minimum atomic E-state index is -0.183. The number of fused-ring (bicyclic) bond motifs is 1. The summed E-state index contributed by atoms with van der Waals surface area (Å²) < 4.78 is 10.3. The number of hydrogen-bond donors (Lipinski definition) is 0. The van der Waals surface area contributed by atoms with Gasteiger partial charge in [0.1, 0.15) is 0 Å². The summed E-state index contributed by atoms with van der Waals surface area (Å²) in [6, 6.07) is 0. The first-order valence-electron chi connectivity index (χ1n) is 10.5. The lowest BCUT2D eigenvalue weighted by Gasteiger charge is -2.58. The third kappa shape index (κ3) is 4.94. The van der Waals surface area contributed by atoms with Crippen LogP contribution in [0.25, 0.3) is 0 Å². The van der Waals surface area contributed by atoms with Crippen LogP contribution >= 0.6 is 0 Å². The average molecular weight is 379 g/mol. The highest BCUT2D eigenvalue weighted by Crippen LogP contribution is 2.62. The van der Waals surface area contributed by atoms with E-state index in [-0.39, 0.29) is 22.8 Å². The SMILES string of the molecule is C=C1CC[C@H]2[C@](C)(COC(C)=O)CCC[C@]2(C)[C@H]1CC[C@@H](C)CC(=O)OC. The van der Waals surface area contributed by atoms with Crippen LogP contribution in [0.5, 0.6) is 0 Å². The molecule has 0 bridgehead atoms. The van der Waals surface area contributed by atoms with E-state index in [4.69, 9.17) is 9.47 Å². The summed E-state index contributed by atoms with van der Waals surface area (Å²) in [4.78, 5) is 23.0. The van der Waals surface area contributed by atoms with Gasteiger partial charge in [-0.3, -0.25) is 9.59 Å². The van der Waals surface area contributed by atoms with Crippen molar-refractivity contribution in [2.24, 2.45) is 28.6 Å². The number of carbonyl (C=O) groups excluding carboxylic acids is 2. The Morgan fingerprint density at radius 2 is 2.00 bits per heavy atom. The lowest BCUT2D eigenvalue weighted by molar-refractivity contribution is -0.153. The van der Waals surface area contributed by atoms with Crippen molar-refractivity contribution in [1.82, 2.24) is 0 Å². The lowest BCUT2D eigenvalue weighted by atomic mass is 9.46. The number of esters is 2. The molecule has 0 aromatic carbocycles. The van der Waals surface area contributed by atoms with Gasteiger partial charge in [-0.15, -0.1) is 0 Å². The van der Waals surface area contributed by atoms with Crippen molar-refractivity contribution in [2.45, 2.75) is 79.1 Å². The van der Waals surface area contributed by atoms with Crippen molar-refractivity contribution < 1.29 is 19.1 Å². The number of hydrogen-bond acceptors (Lipinski definition) is 4. The van der Waals surface area contributed by atoms with Crippen LogP contribution in [-0.2, 0) is 19.1 Å². The highest BCUT2D eigenvalue weighted by atomic mass is 16.5. The van der Waals surface area contributed by atoms with Crippen LogP contribution in [0, 0.1) is 28.6 Å². The lowest BCUT2D eigenvalue weighted by Crippen LogP contribution is -2.52. The Balaban J connectivity index is 2.12. The Morgan fingerprint density at radius 1 is 1.30 bits per heavy atom. The molecule has 0 amide bonds. The Labute approximate surface area is 165 Å². The summed E-state index contributed by atoms with van der Waals surface area (Å²) in [6.45, 7) is 13.3. The number of carbonyl (C=O) groups is 2. The molecule has 0 aromatic heterocycles. The zero-order valence-corrected chi connectivity index (χ0v) is 17.9. The van der Waals surface area contributed by atoms with Crippen LogP contribution in [0.2, 0.25) is 0 Å². The molecule has 0 radical (unpaired) electrons. The van der Waals surface area contributed by atoms with E-state index in [0.717, 1.165) is 32.1 Å². The number of methoxy groups -OCH3 is 1. The minimum absolute atomic E-state index is 0.0508. The molecular weight excluding hydrogens is 340 g/mol. The summed E-state index contributed by atoms with van der Waals surface area (Å²) in [5.41, 5.74) is 1.62. The monoisotopic (exact) mass is 378 g/mol. The van der Waals surface area contributed by atoms with Gasteiger partial charge in [0.15, 0.2) is 0 Å². The molecule has 2 saturated carbocycles. The first-order chi connectivity index (χ1) is 12.6. The van der Waals surface area contributed by atoms with E-state index >= 15 is 0 Å². The topological polar surface area (TPSA) is 52.6 Å². The van der Waals surface area contributed by atoms with E-state index in [1.807, 2.05) is 0 Å². The molecule has 5 atom stereocenters. The predicted molar refractivity (Wildman–Crippen MR) is 107 cm³/mol. The van der Waals surface area contributed by atoms with Crippen molar-refractivity contribution in [3.8, 4) is 0 Å². The number of ether oxygens (including phenoxy) is 2. The van der Waals surface area contributed by atoms with Gasteiger partial charge in [-0.05, 0) is 61.7 Å². The largest absolute Gasteiger partial charge is 0.469 e. The van der Waals surface area contributed by atoms with Crippen molar-refractivity contribution >= 4 is 11.9 Å². The van der Waals surface area contributed by atoms with Gasteiger partial charge in [0, 0.05) is 18.8 Å². The van der Waals surface area contributed by atoms with Crippen molar-refractivity contribution in [3.63, 3.8) is 0 Å². The summed E-state index contributed by atoms with van der Waals surface area (Å²) in [7, 11) is 1.45. The Kier molecular flexibility index (Phi) is 7.15. The molecule has 2 aliphatic rings. The zero-order valence-electron chi connectivity index (χ0n) is 17.9. The molecule has 2 rings (SSSR count). The summed E-state index contributed by atoms with van der Waals surface area (Å²) in [5, 5.41) is 0. The van der Waals surface area contributed by atoms with E-state index in [9.17, 15) is 9.59 Å². The highest BCUT2D eigenvalue weighted by Gasteiger charge is 2.54. The Bertz CT molecular complexity index is 569. The van der Waals surface area contributed by atoms with Crippen molar-refractivity contribution in [1.29, 1.82) is 0 Å². The maximum atomic E-state index is 11.6. The molecule has 0 aliphatic heterocycles. The fourth-order valence-corrected chi connectivity index (χ4v) is 5.98. The van der Waals surface area contributed by atoms with Crippen LogP contribution in [0.4, 0.5) is 0 Å². The van der Waals surface area contributed by atoms with Gasteiger partial charge < -0.3 is 9.47 Å². The maximum Gasteiger partial charge on any atom is 0.305 e. The van der Waals surface area contributed by atoms with Crippen LogP contribution in [0.3, 0.4) is 0 Å². The van der Waals surface area contributed by atoms with Gasteiger partial charge in [0.05, 0.1) is 13.7 Å². The fraction of sp³-hybridized carbons (Fsp3) is 0.826. The molecule has 0 saturated heterocycles. The van der Waals surface area contributed by atoms with Gasteiger partial charge in [-0.1, -0.05) is 39.3 Å². The van der Waals surface area contributed by atoms with Gasteiger partial charge in [-0.2, -0.15) is 0 Å². The fourth-order valence-electron chi connectivity index (χ4n) is 5.98. The quantitative estimate of drug-likeness (QED) is 0.445. The van der Waals surface area contributed by atoms with Gasteiger partial charge >= 0.3 is 11.9 Å². The number of rotatable bonds is 7. The third-order valence-electron chi connectivity index (χ3n) is 7.44. The minimum Gasteiger partial charge on any atom is -0.469 e. The summed E-state index contributed by atoms with van der Waals surface area (Å²) in [6.07, 6.45) is 8.29. The smallest absolute Gasteiger partial charge is 0.305 e. The summed E-state index contributed by atoms with van der Waals surface area (Å²) >= 11 is 0. The molecule has 2 aliphatic carbocycles. The second-order valence-corrected chi connectivity index (χ2v) is 9.56. The van der Waals surface area contributed by atoms with E-state index in [2.05, 4.69) is 27.4 Å². The first kappa shape index (κ1) is 22.0. The van der Waals surface area contributed by atoms with E-state index in [1.165, 1.54) is 32.4 Å². The van der Waals surface area contributed by atoms with Gasteiger partial charge in [0.25, 0.3) is 0 Å². The predicted octanol–water partition coefficient (Wildman–Crippen LogP) is 5.31. The zero-order chi connectivity index (χ0) is 20.2. The second-order valence-electron chi connectivity index (χ2n) is 9.56. The normalized spacial score (nSPS) is 34.5. The average Bonchev–Trinajstić information content (AvgIpc) is 2.59. The number of allylic oxidation sites excluding steroid dienone is 1. The molecule has 4 nitrogen and oxygen atoms in total. The molecule has 0 aromatic rings. The highest BCUT2D eigenvalue weighted by molar-refractivity contribution is 5.69. The van der Waals surface area contributed by atoms with Gasteiger partial charge in [-0.25, -0.2) is 0 Å². The van der Waals surface area contributed by atoms with Crippen LogP contribution in [0.15, 0.2) is 12.2 Å². The first-order valence-corrected chi connectivity index (χ1v) is 10.5. The summed E-state index contributed by atoms with van der Waals surface area (Å²) in [5.74, 6) is 1.04. The van der Waals surface area contributed by atoms with E-state index in [1.54, 1.807) is 0 Å². The molecule has 2 fully saturated rings. The second kappa shape index (κ2) is 8.79. The molecule has 154 valence electrons. The van der Waals surface area contributed by atoms with Gasteiger partial charge in [0.2, 0.25) is 0 Å². The molecule has 4 heteroatoms. The van der Waals surface area contributed by atoms with Crippen LogP contribution < -0.4 is 0 Å². The molecule has 27 heavy (non-hydrogen) atoms. The maximum absolute atomic E-state index is 11.6. The molecule has 0 unspecified atom stereocenters. The standard InChI is InChI=1S/C23H38O4/c1-16(14-21(25)26-6)8-10-19-17(2)9-11-20-22(4,15-27-18(3)24)12-7-13-23(19,20)5/h16,19-20H,2,7-15H2,1,3-6H3/t16-,19+,20+,22+,23-/m1/s1. The van der Waals surface area contributed by atoms with E-state index < -0.39 is 0 Å². The van der Waals surface area contributed by atoms with Crippen LogP contribution in [0.1, 0.15) is 79.1 Å². The van der Waals surface area contributed by atoms with Crippen molar-refractivity contribution in [3.05, 3.63) is 12.2 Å². The molecular formula is C23H38O4. The Hall–Kier alpha value is -1.32. The molecule has 0 spiro atoms. The van der Waals surface area contributed by atoms with Crippen LogP contribution in [-0.4, -0.2) is 25.7 Å². The van der Waals surface area contributed by atoms with Crippen molar-refractivity contribution in [2.75, 3.05) is 13.7 Å².